The van der Waals surface area contributed by atoms with Gasteiger partial charge in [-0.2, -0.15) is 0 Å². The fourth-order valence-electron chi connectivity index (χ4n) is 0.772. The van der Waals surface area contributed by atoms with Gasteiger partial charge in [-0.05, 0) is 18.6 Å². The van der Waals surface area contributed by atoms with Crippen molar-refractivity contribution in [3.8, 4) is 0 Å². The summed E-state index contributed by atoms with van der Waals surface area (Å²) in [4.78, 5) is 10.2. The van der Waals surface area contributed by atoms with E-state index in [1.807, 2.05) is 0 Å². The lowest BCUT2D eigenvalue weighted by Crippen LogP contribution is -2.11. The second-order valence-electron chi connectivity index (χ2n) is 1.84. The number of hydrogen-bond acceptors (Lipinski definition) is 2. The minimum atomic E-state index is -0.646. The number of hydrogen-bond donors (Lipinski definition) is 1. The van der Waals surface area contributed by atoms with Gasteiger partial charge in [0.15, 0.2) is 0 Å². The lowest BCUT2D eigenvalue weighted by Gasteiger charge is -1.96. The van der Waals surface area contributed by atoms with Gasteiger partial charge in [0.2, 0.25) is 0 Å². The Hall–Kier alpha value is 0.110. The lowest BCUT2D eigenvalue weighted by atomic mass is 10.3. The molecule has 0 aromatic carbocycles. The van der Waals surface area contributed by atoms with Crippen molar-refractivity contribution in [3.05, 3.63) is 0 Å². The first-order valence-electron chi connectivity index (χ1n) is 2.65. The quantitative estimate of drug-likeness (QED) is 0.643. The monoisotopic (exact) mass is 168 g/mol. The van der Waals surface area contributed by atoms with Gasteiger partial charge in [-0.1, -0.05) is 0 Å². The van der Waals surface area contributed by atoms with Gasteiger partial charge in [-0.25, -0.2) is 0 Å². The van der Waals surface area contributed by atoms with E-state index >= 15 is 0 Å². The van der Waals surface area contributed by atoms with Crippen molar-refractivity contribution in [1.82, 2.24) is 0 Å². The highest BCUT2D eigenvalue weighted by Crippen LogP contribution is 2.25. The Kier molecular flexibility index (Phi) is 4.06. The van der Waals surface area contributed by atoms with Crippen LogP contribution >= 0.6 is 24.2 Å². The van der Waals surface area contributed by atoms with Gasteiger partial charge in [0, 0.05) is 0 Å². The van der Waals surface area contributed by atoms with Crippen molar-refractivity contribution in [3.63, 3.8) is 0 Å². The third-order valence-electron chi connectivity index (χ3n) is 1.21. The molecule has 1 fully saturated rings. The van der Waals surface area contributed by atoms with Crippen molar-refractivity contribution < 1.29 is 9.90 Å². The van der Waals surface area contributed by atoms with Gasteiger partial charge in [-0.15, -0.1) is 24.2 Å². The highest BCUT2D eigenvalue weighted by atomic mass is 35.5. The smallest absolute Gasteiger partial charge is 0.316 e. The van der Waals surface area contributed by atoms with E-state index in [9.17, 15) is 4.79 Å². The Bertz CT molecular complexity index is 101. The number of aliphatic carboxylic acids is 1. The summed E-state index contributed by atoms with van der Waals surface area (Å²) in [5.41, 5.74) is 0. The molecule has 54 valence electrons. The molecule has 2 nitrogen and oxygen atoms in total. The first kappa shape index (κ1) is 9.11. The molecule has 1 aliphatic rings. The van der Waals surface area contributed by atoms with Crippen LogP contribution in [0.1, 0.15) is 12.8 Å². The van der Waals surface area contributed by atoms with Crippen LogP contribution in [0.5, 0.6) is 0 Å². The van der Waals surface area contributed by atoms with E-state index in [1.54, 1.807) is 11.8 Å². The van der Waals surface area contributed by atoms with Crippen LogP contribution in [0.2, 0.25) is 0 Å². The molecule has 0 aromatic heterocycles. The number of halogens is 1. The molecule has 0 aliphatic carbocycles. The van der Waals surface area contributed by atoms with Crippen LogP contribution in [0.3, 0.4) is 0 Å². The average molecular weight is 169 g/mol. The van der Waals surface area contributed by atoms with Gasteiger partial charge in [0.05, 0.1) is 0 Å². The minimum Gasteiger partial charge on any atom is -0.480 e. The number of rotatable bonds is 1. The SMILES string of the molecule is Cl.O=C(O)C1CCCS1. The highest BCUT2D eigenvalue weighted by molar-refractivity contribution is 8.00. The summed E-state index contributed by atoms with van der Waals surface area (Å²) in [6, 6.07) is 0. The molecule has 0 spiro atoms. The van der Waals surface area contributed by atoms with Crippen molar-refractivity contribution in [2.75, 3.05) is 5.75 Å². The van der Waals surface area contributed by atoms with Crippen molar-refractivity contribution in [2.45, 2.75) is 18.1 Å². The molecule has 1 unspecified atom stereocenters. The molecule has 0 amide bonds. The molecule has 1 aliphatic heterocycles. The van der Waals surface area contributed by atoms with Gasteiger partial charge < -0.3 is 5.11 Å². The predicted octanol–water partition coefficient (Wildman–Crippen LogP) is 1.39. The zero-order valence-electron chi connectivity index (χ0n) is 4.87. The molecule has 0 bridgehead atoms. The second kappa shape index (κ2) is 4.01. The van der Waals surface area contributed by atoms with Crippen LogP contribution in [-0.2, 0) is 4.79 Å². The van der Waals surface area contributed by atoms with Crippen molar-refractivity contribution >= 4 is 30.1 Å². The molecule has 0 aromatic rings. The average Bonchev–Trinajstić information content (AvgIpc) is 2.12. The summed E-state index contributed by atoms with van der Waals surface area (Å²) in [5.74, 6) is 0.379. The summed E-state index contributed by atoms with van der Waals surface area (Å²) in [6.45, 7) is 0. The topological polar surface area (TPSA) is 37.3 Å². The van der Waals surface area contributed by atoms with E-state index in [-0.39, 0.29) is 17.7 Å². The summed E-state index contributed by atoms with van der Waals surface area (Å²) >= 11 is 1.55. The normalized spacial score (nSPS) is 25.1. The van der Waals surface area contributed by atoms with Crippen LogP contribution < -0.4 is 0 Å². The third kappa shape index (κ3) is 2.45. The molecule has 4 heteroatoms. The largest absolute Gasteiger partial charge is 0.480 e. The van der Waals surface area contributed by atoms with E-state index in [1.165, 1.54) is 0 Å². The maximum atomic E-state index is 10.2. The lowest BCUT2D eigenvalue weighted by molar-refractivity contribution is -0.136. The Morgan fingerprint density at radius 2 is 2.33 bits per heavy atom. The summed E-state index contributed by atoms with van der Waals surface area (Å²) in [6.07, 6.45) is 1.93. The predicted molar refractivity (Wildman–Crippen MR) is 40.4 cm³/mol. The number of thioether (sulfide) groups is 1. The van der Waals surface area contributed by atoms with Crippen molar-refractivity contribution in [1.29, 1.82) is 0 Å². The minimum absolute atomic E-state index is 0. The Labute approximate surface area is 64.4 Å². The molecule has 9 heavy (non-hydrogen) atoms. The van der Waals surface area contributed by atoms with E-state index < -0.39 is 5.97 Å². The molecular weight excluding hydrogens is 160 g/mol. The highest BCUT2D eigenvalue weighted by Gasteiger charge is 2.21. The van der Waals surface area contributed by atoms with E-state index in [2.05, 4.69) is 0 Å². The standard InChI is InChI=1S/C5H8O2S.ClH/c6-5(7)4-2-1-3-8-4;/h4H,1-3H2,(H,6,7);1H. The van der Waals surface area contributed by atoms with E-state index in [4.69, 9.17) is 5.11 Å². The maximum absolute atomic E-state index is 10.2. The van der Waals surface area contributed by atoms with Gasteiger partial charge in [-0.3, -0.25) is 4.79 Å². The van der Waals surface area contributed by atoms with Crippen LogP contribution in [0, 0.1) is 0 Å². The fraction of sp³-hybridized carbons (Fsp3) is 0.800. The van der Waals surface area contributed by atoms with Crippen molar-refractivity contribution in [2.24, 2.45) is 0 Å². The first-order chi connectivity index (χ1) is 3.80. The first-order valence-corrected chi connectivity index (χ1v) is 3.70. The van der Waals surface area contributed by atoms with Crippen LogP contribution in [-0.4, -0.2) is 22.1 Å². The van der Waals surface area contributed by atoms with Gasteiger partial charge in [0.1, 0.15) is 5.25 Å². The maximum Gasteiger partial charge on any atom is 0.316 e. The van der Waals surface area contributed by atoms with Crippen LogP contribution in [0.4, 0.5) is 0 Å². The molecule has 1 rings (SSSR count). The Morgan fingerprint density at radius 3 is 2.56 bits per heavy atom. The Morgan fingerprint density at radius 1 is 1.67 bits per heavy atom. The second-order valence-corrected chi connectivity index (χ2v) is 3.15. The summed E-state index contributed by atoms with van der Waals surface area (Å²) in [5, 5.41) is 8.29. The molecule has 0 saturated carbocycles. The molecule has 1 heterocycles. The Balaban J connectivity index is 0.000000640. The van der Waals surface area contributed by atoms with Crippen LogP contribution in [0.25, 0.3) is 0 Å². The van der Waals surface area contributed by atoms with E-state index in [0.29, 0.717) is 0 Å². The molecule has 1 N–H and O–H groups in total. The number of carbonyl (C=O) groups is 1. The van der Waals surface area contributed by atoms with Gasteiger partial charge >= 0.3 is 5.97 Å². The zero-order valence-corrected chi connectivity index (χ0v) is 6.50. The summed E-state index contributed by atoms with van der Waals surface area (Å²) < 4.78 is 0. The molecular formula is C5H9ClO2S. The zero-order chi connectivity index (χ0) is 5.98. The number of carboxylic acid groups (broad SMARTS) is 1. The van der Waals surface area contributed by atoms with Gasteiger partial charge in [0.25, 0.3) is 0 Å². The summed E-state index contributed by atoms with van der Waals surface area (Å²) in [7, 11) is 0. The molecule has 1 saturated heterocycles. The molecule has 1 atom stereocenters. The van der Waals surface area contributed by atoms with E-state index in [0.717, 1.165) is 18.6 Å². The third-order valence-corrected chi connectivity index (χ3v) is 2.57. The number of carboxylic acids is 1. The van der Waals surface area contributed by atoms with Crippen LogP contribution in [0.15, 0.2) is 0 Å². The molecule has 0 radical (unpaired) electrons. The fourth-order valence-corrected chi connectivity index (χ4v) is 1.87.